The van der Waals surface area contributed by atoms with Crippen LogP contribution in [0, 0.1) is 0 Å². The number of ether oxygens (including phenoxy) is 2. The Labute approximate surface area is 321 Å². The summed E-state index contributed by atoms with van der Waals surface area (Å²) in [7, 11) is 0. The number of anilines is 1. The molecule has 2 aliphatic rings. The van der Waals surface area contributed by atoms with Gasteiger partial charge in [0.05, 0.1) is 29.7 Å². The van der Waals surface area contributed by atoms with Crippen LogP contribution in [0.1, 0.15) is 101 Å². The maximum absolute atomic E-state index is 14.2. The van der Waals surface area contributed by atoms with Crippen LogP contribution in [-0.4, -0.2) is 79.2 Å². The topological polar surface area (TPSA) is 149 Å². The molecule has 0 saturated carbocycles. The van der Waals surface area contributed by atoms with E-state index in [1.54, 1.807) is 10.7 Å². The molecule has 14 heteroatoms. The molecule has 0 unspecified atom stereocenters. The molecule has 1 saturated heterocycles. The van der Waals surface area contributed by atoms with E-state index in [0.29, 0.717) is 42.3 Å². The molecule has 290 valence electrons. The van der Waals surface area contributed by atoms with Gasteiger partial charge >= 0.3 is 12.5 Å². The molecule has 2 atom stereocenters. The Balaban J connectivity index is 1.11. The summed E-state index contributed by atoms with van der Waals surface area (Å²) < 4.78 is 16.3. The van der Waals surface area contributed by atoms with Crippen LogP contribution in [-0.2, 0) is 15.0 Å². The number of aliphatic hydroxyl groups is 1. The van der Waals surface area contributed by atoms with Gasteiger partial charge < -0.3 is 24.7 Å². The van der Waals surface area contributed by atoms with Gasteiger partial charge in [-0.2, -0.15) is 5.10 Å². The van der Waals surface area contributed by atoms with Gasteiger partial charge in [-0.3, -0.25) is 14.1 Å². The minimum Gasteiger partial charge on any atom is -0.492 e. The van der Waals surface area contributed by atoms with E-state index < -0.39 is 6.03 Å². The molecule has 2 aromatic carbocycles. The summed E-state index contributed by atoms with van der Waals surface area (Å²) >= 11 is 0. The van der Waals surface area contributed by atoms with Gasteiger partial charge in [0.2, 0.25) is 0 Å². The first-order chi connectivity index (χ1) is 26.5. The summed E-state index contributed by atoms with van der Waals surface area (Å²) in [5, 5.41) is 27.4. The van der Waals surface area contributed by atoms with E-state index in [2.05, 4.69) is 34.3 Å². The summed E-state index contributed by atoms with van der Waals surface area (Å²) in [6, 6.07) is 19.9. The summed E-state index contributed by atoms with van der Waals surface area (Å²) in [6.07, 6.45) is 4.20. The first kappa shape index (κ1) is 37.8. The normalized spacial score (nSPS) is 17.9. The molecule has 3 aromatic heterocycles. The molecular formula is C41H50N8O6. The lowest BCUT2D eigenvalue weighted by Crippen LogP contribution is -2.43. The molecule has 1 aliphatic heterocycles. The van der Waals surface area contributed by atoms with E-state index in [1.807, 2.05) is 92.0 Å². The standard InChI is InChI=1S/C41H50N8O6/c1-27(2)39-44-43-37-16-13-31(25-47(37)39)55-35-15-14-34(32-11-6-7-12-33(32)35)42-40(52)49(54-26-50)38-24-36(41(3,4)5)45-48(38)28-9-8-10-30(23-28)53-22-21-46-19-17-29(51)18-20-46/h6-13,16,23-27,29,34-35,51H,14-15,17-22H2,1-5H3,(H,42,52)/t34-,35+/m0/s1. The molecular weight excluding hydrogens is 701 g/mol. The molecule has 4 heterocycles. The van der Waals surface area contributed by atoms with Crippen molar-refractivity contribution in [2.75, 3.05) is 31.3 Å². The van der Waals surface area contributed by atoms with Gasteiger partial charge in [0.25, 0.3) is 0 Å². The Kier molecular flexibility index (Phi) is 11.1. The fraction of sp³-hybridized carbons (Fsp3) is 0.439. The summed E-state index contributed by atoms with van der Waals surface area (Å²) in [5.41, 5.74) is 3.58. The number of carbonyl (C=O) groups is 2. The number of pyridine rings is 1. The third kappa shape index (κ3) is 8.45. The highest BCUT2D eigenvalue weighted by Crippen LogP contribution is 2.39. The molecule has 1 aliphatic carbocycles. The number of rotatable bonds is 12. The Hall–Kier alpha value is -5.47. The average molecular weight is 751 g/mol. The van der Waals surface area contributed by atoms with Crippen molar-refractivity contribution in [3.05, 3.63) is 95.6 Å². The van der Waals surface area contributed by atoms with Crippen LogP contribution in [0.5, 0.6) is 11.5 Å². The highest BCUT2D eigenvalue weighted by Gasteiger charge is 2.33. The zero-order valence-electron chi connectivity index (χ0n) is 32.1. The number of hydrogen-bond acceptors (Lipinski definition) is 10. The predicted octanol–water partition coefficient (Wildman–Crippen LogP) is 6.43. The lowest BCUT2D eigenvalue weighted by Gasteiger charge is -2.33. The van der Waals surface area contributed by atoms with Gasteiger partial charge in [0.1, 0.15) is 30.0 Å². The van der Waals surface area contributed by atoms with Crippen LogP contribution >= 0.6 is 0 Å². The number of fused-ring (bicyclic) bond motifs is 2. The van der Waals surface area contributed by atoms with E-state index in [9.17, 15) is 14.7 Å². The zero-order valence-corrected chi connectivity index (χ0v) is 32.1. The molecule has 5 aromatic rings. The van der Waals surface area contributed by atoms with E-state index in [-0.39, 0.29) is 41.9 Å². The smallest absolute Gasteiger partial charge is 0.357 e. The Morgan fingerprint density at radius 1 is 0.982 bits per heavy atom. The average Bonchev–Trinajstić information content (AvgIpc) is 3.81. The second kappa shape index (κ2) is 16.1. The van der Waals surface area contributed by atoms with Crippen molar-refractivity contribution in [3.63, 3.8) is 0 Å². The monoisotopic (exact) mass is 750 g/mol. The van der Waals surface area contributed by atoms with Gasteiger partial charge in [0.15, 0.2) is 11.5 Å². The molecule has 2 amide bonds. The Bertz CT molecular complexity index is 2120. The number of likely N-dealkylation sites (tertiary alicyclic amines) is 1. The van der Waals surface area contributed by atoms with E-state index in [4.69, 9.17) is 19.4 Å². The van der Waals surface area contributed by atoms with Crippen molar-refractivity contribution in [2.24, 2.45) is 0 Å². The third-order valence-electron chi connectivity index (χ3n) is 10.2. The van der Waals surface area contributed by atoms with Crippen LogP contribution in [0.25, 0.3) is 11.3 Å². The highest BCUT2D eigenvalue weighted by molar-refractivity contribution is 5.90. The van der Waals surface area contributed by atoms with Gasteiger partial charge in [-0.25, -0.2) is 9.48 Å². The molecule has 14 nitrogen and oxygen atoms in total. The number of amides is 2. The van der Waals surface area contributed by atoms with Crippen molar-refractivity contribution in [3.8, 4) is 17.2 Å². The fourth-order valence-electron chi connectivity index (χ4n) is 7.21. The lowest BCUT2D eigenvalue weighted by molar-refractivity contribution is -0.129. The van der Waals surface area contributed by atoms with Gasteiger partial charge in [-0.1, -0.05) is 65.0 Å². The van der Waals surface area contributed by atoms with Crippen LogP contribution < -0.4 is 19.9 Å². The van der Waals surface area contributed by atoms with Gasteiger partial charge in [0, 0.05) is 43.1 Å². The van der Waals surface area contributed by atoms with E-state index in [0.717, 1.165) is 60.1 Å². The van der Waals surface area contributed by atoms with Crippen LogP contribution in [0.2, 0.25) is 0 Å². The summed E-state index contributed by atoms with van der Waals surface area (Å²) in [4.78, 5) is 33.9. The van der Waals surface area contributed by atoms with E-state index in [1.165, 1.54) is 0 Å². The number of nitrogens with zero attached hydrogens (tertiary/aromatic N) is 7. The number of nitrogens with one attached hydrogen (secondary N) is 1. The molecule has 0 bridgehead atoms. The first-order valence-corrected chi connectivity index (χ1v) is 19.0. The first-order valence-electron chi connectivity index (χ1n) is 19.0. The number of piperidine rings is 1. The molecule has 2 N–H and O–H groups in total. The molecule has 55 heavy (non-hydrogen) atoms. The maximum Gasteiger partial charge on any atom is 0.357 e. The number of benzene rings is 2. The summed E-state index contributed by atoms with van der Waals surface area (Å²) in [6.45, 7) is 13.4. The second-order valence-electron chi connectivity index (χ2n) is 15.6. The minimum absolute atomic E-state index is 0.197. The quantitative estimate of drug-likeness (QED) is 0.108. The van der Waals surface area contributed by atoms with E-state index >= 15 is 0 Å². The Morgan fingerprint density at radius 2 is 1.76 bits per heavy atom. The predicted molar refractivity (Wildman–Crippen MR) is 206 cm³/mol. The van der Waals surface area contributed by atoms with Gasteiger partial charge in [-0.15, -0.1) is 15.3 Å². The number of carbonyl (C=O) groups excluding carboxylic acids is 2. The largest absolute Gasteiger partial charge is 0.492 e. The molecule has 0 spiro atoms. The zero-order chi connectivity index (χ0) is 38.7. The van der Waals surface area contributed by atoms with Crippen molar-refractivity contribution in [1.29, 1.82) is 0 Å². The van der Waals surface area contributed by atoms with Gasteiger partial charge in [-0.05, 0) is 61.1 Å². The number of hydrogen-bond donors (Lipinski definition) is 2. The number of urea groups is 1. The van der Waals surface area contributed by atoms with Crippen LogP contribution in [0.3, 0.4) is 0 Å². The SMILES string of the molecule is CC(C)c1nnc2ccc(O[C@@H]3CC[C@H](NC(=O)N(OC=O)c4cc(C(C)(C)C)nn4-c4cccc(OCCN5CCC(O)CC5)c4)c4ccccc43)cn12. The van der Waals surface area contributed by atoms with Crippen molar-refractivity contribution in [1.82, 2.24) is 34.6 Å². The fourth-order valence-corrected chi connectivity index (χ4v) is 7.21. The lowest BCUT2D eigenvalue weighted by atomic mass is 9.85. The Morgan fingerprint density at radius 3 is 2.51 bits per heavy atom. The second-order valence-corrected chi connectivity index (χ2v) is 15.6. The van der Waals surface area contributed by atoms with Crippen molar-refractivity contribution >= 4 is 24.0 Å². The minimum atomic E-state index is -0.619. The number of aliphatic hydroxyl groups excluding tert-OH is 1. The molecule has 1 fully saturated rings. The summed E-state index contributed by atoms with van der Waals surface area (Å²) in [5.74, 6) is 2.65. The molecule has 0 radical (unpaired) electrons. The molecule has 7 rings (SSSR count). The van der Waals surface area contributed by atoms with Crippen LogP contribution in [0.4, 0.5) is 10.6 Å². The third-order valence-corrected chi connectivity index (χ3v) is 10.2. The highest BCUT2D eigenvalue weighted by atomic mass is 16.7. The maximum atomic E-state index is 14.2. The van der Waals surface area contributed by atoms with Crippen molar-refractivity contribution < 1.29 is 29.0 Å². The van der Waals surface area contributed by atoms with Crippen LogP contribution in [0.15, 0.2) is 72.9 Å². The van der Waals surface area contributed by atoms with Crippen molar-refractivity contribution in [2.45, 2.75) is 89.9 Å². The number of hydroxylamine groups is 1. The number of aromatic nitrogens is 5.